The van der Waals surface area contributed by atoms with Crippen LogP contribution in [0.15, 0.2) is 18.2 Å². The lowest BCUT2D eigenvalue weighted by Crippen LogP contribution is -2.11. The first-order chi connectivity index (χ1) is 6.92. The summed E-state index contributed by atoms with van der Waals surface area (Å²) in [7, 11) is -3.66. The predicted molar refractivity (Wildman–Crippen MR) is 54.8 cm³/mol. The Morgan fingerprint density at radius 2 is 2.13 bits per heavy atom. The third-order valence-electron chi connectivity index (χ3n) is 1.36. The summed E-state index contributed by atoms with van der Waals surface area (Å²) >= 11 is 5.67. The van der Waals surface area contributed by atoms with E-state index in [-0.39, 0.29) is 16.5 Å². The van der Waals surface area contributed by atoms with E-state index >= 15 is 0 Å². The predicted octanol–water partition coefficient (Wildman–Crippen LogP) is 1.48. The van der Waals surface area contributed by atoms with Gasteiger partial charge in [0, 0.05) is 6.07 Å². The van der Waals surface area contributed by atoms with Crippen LogP contribution in [0.2, 0.25) is 5.02 Å². The van der Waals surface area contributed by atoms with Gasteiger partial charge >= 0.3 is 10.1 Å². The molecule has 5 nitrogen and oxygen atoms in total. The fraction of sp³-hybridized carbons (Fsp3) is 0.143. The first kappa shape index (κ1) is 12.0. The van der Waals surface area contributed by atoms with Crippen molar-refractivity contribution in [1.82, 2.24) is 5.65 Å². The lowest BCUT2D eigenvalue weighted by molar-refractivity contribution is 0.376. The lowest BCUT2D eigenvalue weighted by Gasteiger charge is -2.07. The standard InChI is InChI=1S/C7H8ClFN2O3S/c1-15(12,13)14-7-4-5(10-11-9)2-3-6(7)8/h2-4,10-11H,1H3. The van der Waals surface area contributed by atoms with E-state index in [4.69, 9.17) is 11.6 Å². The molecular weight excluding hydrogens is 247 g/mol. The van der Waals surface area contributed by atoms with Crippen molar-refractivity contribution in [3.05, 3.63) is 23.2 Å². The van der Waals surface area contributed by atoms with E-state index in [1.54, 1.807) is 0 Å². The zero-order valence-corrected chi connectivity index (χ0v) is 9.19. The number of benzene rings is 1. The molecule has 2 N–H and O–H groups in total. The Balaban J connectivity index is 3.00. The number of rotatable bonds is 4. The van der Waals surface area contributed by atoms with Gasteiger partial charge in [-0.1, -0.05) is 17.2 Å². The van der Waals surface area contributed by atoms with Crippen molar-refractivity contribution >= 4 is 27.4 Å². The first-order valence-corrected chi connectivity index (χ1v) is 5.92. The van der Waals surface area contributed by atoms with Gasteiger partial charge in [0.1, 0.15) is 0 Å². The van der Waals surface area contributed by atoms with Gasteiger partial charge in [0.2, 0.25) is 0 Å². The monoisotopic (exact) mass is 254 g/mol. The molecule has 0 amide bonds. The molecule has 1 aromatic rings. The Labute approximate surface area is 91.2 Å². The van der Waals surface area contributed by atoms with Crippen LogP contribution in [0.4, 0.5) is 10.2 Å². The maximum absolute atomic E-state index is 11.7. The van der Waals surface area contributed by atoms with E-state index in [9.17, 15) is 12.9 Å². The second-order valence-corrected chi connectivity index (χ2v) is 4.63. The van der Waals surface area contributed by atoms with Crippen LogP contribution in [0, 0.1) is 0 Å². The zero-order chi connectivity index (χ0) is 11.5. The number of halogens is 2. The molecule has 0 aromatic heterocycles. The van der Waals surface area contributed by atoms with Crippen molar-refractivity contribution < 1.29 is 17.1 Å². The van der Waals surface area contributed by atoms with Crippen LogP contribution in [-0.4, -0.2) is 14.7 Å². The number of hydrogen-bond donors (Lipinski definition) is 2. The molecule has 0 spiro atoms. The molecule has 0 saturated carbocycles. The van der Waals surface area contributed by atoms with Gasteiger partial charge in [-0.05, 0) is 12.1 Å². The topological polar surface area (TPSA) is 67.4 Å². The minimum atomic E-state index is -3.66. The summed E-state index contributed by atoms with van der Waals surface area (Å²) < 4.78 is 37.9. The van der Waals surface area contributed by atoms with E-state index in [1.165, 1.54) is 23.8 Å². The Kier molecular flexibility index (Phi) is 3.72. The normalized spacial score (nSPS) is 11.1. The van der Waals surface area contributed by atoms with Crippen molar-refractivity contribution in [2.45, 2.75) is 0 Å². The number of hydrogen-bond acceptors (Lipinski definition) is 5. The highest BCUT2D eigenvalue weighted by molar-refractivity contribution is 7.86. The van der Waals surface area contributed by atoms with Gasteiger partial charge in [0.15, 0.2) is 5.75 Å². The lowest BCUT2D eigenvalue weighted by atomic mass is 10.3. The van der Waals surface area contributed by atoms with Crippen LogP contribution in [0.25, 0.3) is 0 Å². The molecule has 0 bridgehead atoms. The van der Waals surface area contributed by atoms with E-state index in [1.807, 2.05) is 0 Å². The van der Waals surface area contributed by atoms with E-state index in [0.717, 1.165) is 6.26 Å². The summed E-state index contributed by atoms with van der Waals surface area (Å²) in [5, 5.41) is 0.116. The van der Waals surface area contributed by atoms with Crippen LogP contribution in [0.3, 0.4) is 0 Å². The Morgan fingerprint density at radius 3 is 2.67 bits per heavy atom. The first-order valence-electron chi connectivity index (χ1n) is 3.73. The van der Waals surface area contributed by atoms with Crippen LogP contribution >= 0.6 is 11.6 Å². The molecule has 84 valence electrons. The smallest absolute Gasteiger partial charge is 0.306 e. The average molecular weight is 255 g/mol. The summed E-state index contributed by atoms with van der Waals surface area (Å²) in [6.45, 7) is 0. The maximum Gasteiger partial charge on any atom is 0.306 e. The third kappa shape index (κ3) is 3.90. The molecule has 0 saturated heterocycles. The fourth-order valence-electron chi connectivity index (χ4n) is 0.863. The highest BCUT2D eigenvalue weighted by Crippen LogP contribution is 2.28. The molecular formula is C7H8ClFN2O3S. The molecule has 0 atom stereocenters. The van der Waals surface area contributed by atoms with Crippen molar-refractivity contribution in [1.29, 1.82) is 0 Å². The summed E-state index contributed by atoms with van der Waals surface area (Å²) in [6, 6.07) is 4.07. The summed E-state index contributed by atoms with van der Waals surface area (Å²) in [6.07, 6.45) is 0.886. The third-order valence-corrected chi connectivity index (χ3v) is 2.16. The van der Waals surface area contributed by atoms with Crippen LogP contribution in [0.1, 0.15) is 0 Å². The van der Waals surface area contributed by atoms with Gasteiger partial charge in [0.25, 0.3) is 0 Å². The van der Waals surface area contributed by atoms with Crippen LogP contribution < -0.4 is 15.3 Å². The van der Waals surface area contributed by atoms with Gasteiger partial charge in [-0.25, -0.2) is 0 Å². The molecule has 0 fully saturated rings. The molecule has 15 heavy (non-hydrogen) atoms. The van der Waals surface area contributed by atoms with Crippen molar-refractivity contribution in [2.75, 3.05) is 11.7 Å². The molecule has 1 aromatic carbocycles. The van der Waals surface area contributed by atoms with Crippen LogP contribution in [0.5, 0.6) is 5.75 Å². The maximum atomic E-state index is 11.7. The highest BCUT2D eigenvalue weighted by Gasteiger charge is 2.09. The molecule has 0 unspecified atom stereocenters. The number of anilines is 1. The second kappa shape index (κ2) is 4.65. The second-order valence-electron chi connectivity index (χ2n) is 2.65. The minimum Gasteiger partial charge on any atom is -0.381 e. The molecule has 0 heterocycles. The zero-order valence-electron chi connectivity index (χ0n) is 7.62. The Bertz CT molecular complexity index is 452. The van der Waals surface area contributed by atoms with E-state index in [0.29, 0.717) is 0 Å². The molecule has 0 aliphatic carbocycles. The van der Waals surface area contributed by atoms with Crippen LogP contribution in [-0.2, 0) is 10.1 Å². The van der Waals surface area contributed by atoms with Gasteiger partial charge in [0.05, 0.1) is 17.0 Å². The van der Waals surface area contributed by atoms with Crippen molar-refractivity contribution in [2.24, 2.45) is 0 Å². The van der Waals surface area contributed by atoms with E-state index in [2.05, 4.69) is 9.61 Å². The summed E-state index contributed by atoms with van der Waals surface area (Å²) in [4.78, 5) is 0. The molecule has 1 rings (SSSR count). The molecule has 0 aliphatic rings. The summed E-state index contributed by atoms with van der Waals surface area (Å²) in [5.41, 5.74) is 3.58. The summed E-state index contributed by atoms with van der Waals surface area (Å²) in [5.74, 6) is -0.0700. The van der Waals surface area contributed by atoms with Gasteiger partial charge in [-0.2, -0.15) is 8.42 Å². The molecule has 0 aliphatic heterocycles. The minimum absolute atomic E-state index is 0.0700. The SMILES string of the molecule is CS(=O)(=O)Oc1cc(NNF)ccc1Cl. The van der Waals surface area contributed by atoms with Gasteiger partial charge < -0.3 is 4.18 Å². The quantitative estimate of drug-likeness (QED) is 0.484. The van der Waals surface area contributed by atoms with Gasteiger partial charge in [-0.15, -0.1) is 4.48 Å². The average Bonchev–Trinajstić information content (AvgIpc) is 2.09. The largest absolute Gasteiger partial charge is 0.381 e. The Hall–Kier alpha value is -1.05. The number of nitrogens with one attached hydrogen (secondary N) is 2. The van der Waals surface area contributed by atoms with Gasteiger partial charge in [-0.3, -0.25) is 5.43 Å². The molecule has 0 radical (unpaired) electrons. The van der Waals surface area contributed by atoms with Crippen molar-refractivity contribution in [3.63, 3.8) is 0 Å². The fourth-order valence-corrected chi connectivity index (χ4v) is 1.53. The Morgan fingerprint density at radius 1 is 1.47 bits per heavy atom. The number of hydrazine groups is 1. The molecule has 8 heteroatoms. The van der Waals surface area contributed by atoms with Crippen molar-refractivity contribution in [3.8, 4) is 5.75 Å². The van der Waals surface area contributed by atoms with E-state index < -0.39 is 10.1 Å². The highest BCUT2D eigenvalue weighted by atomic mass is 35.5.